The first-order valence-corrected chi connectivity index (χ1v) is 11.5. The fraction of sp³-hybridized carbons (Fsp3) is 0.333. The van der Waals surface area contributed by atoms with E-state index in [0.717, 1.165) is 43.7 Å². The third kappa shape index (κ3) is 4.65. The van der Waals surface area contributed by atoms with Gasteiger partial charge in [0.15, 0.2) is 15.7 Å². The molecule has 150 valence electrons. The number of rotatable bonds is 5. The van der Waals surface area contributed by atoms with Gasteiger partial charge in [-0.2, -0.15) is 0 Å². The molecule has 3 aromatic heterocycles. The van der Waals surface area contributed by atoms with Crippen molar-refractivity contribution in [3.63, 3.8) is 0 Å². The fourth-order valence-corrected chi connectivity index (χ4v) is 4.52. The van der Waals surface area contributed by atoms with Gasteiger partial charge in [0.25, 0.3) is 0 Å². The number of nitrogens with zero attached hydrogens (tertiary/aromatic N) is 5. The molecule has 0 spiro atoms. The molecular formula is C21H23N5O2S. The van der Waals surface area contributed by atoms with Gasteiger partial charge in [0.05, 0.1) is 11.4 Å². The molecule has 0 N–H and O–H groups in total. The fourth-order valence-electron chi connectivity index (χ4n) is 3.68. The van der Waals surface area contributed by atoms with Crippen molar-refractivity contribution >= 4 is 9.84 Å². The van der Waals surface area contributed by atoms with Gasteiger partial charge in [0, 0.05) is 49.1 Å². The third-order valence-electron chi connectivity index (χ3n) is 5.19. The minimum Gasteiger partial charge on any atom is -0.297 e. The van der Waals surface area contributed by atoms with Crippen molar-refractivity contribution in [3.8, 4) is 11.4 Å². The van der Waals surface area contributed by atoms with Gasteiger partial charge in [0.1, 0.15) is 4.90 Å². The number of pyridine rings is 2. The van der Waals surface area contributed by atoms with Crippen molar-refractivity contribution in [1.82, 2.24) is 24.8 Å². The SMILES string of the molecule is CS(=O)(=O)c1cnc(-c2cccnc2)nc1C1CCN(Cc2ccccn2)CC1. The van der Waals surface area contributed by atoms with Crippen LogP contribution in [0.1, 0.15) is 30.1 Å². The Labute approximate surface area is 170 Å². The van der Waals surface area contributed by atoms with Crippen LogP contribution in [0.3, 0.4) is 0 Å². The predicted molar refractivity (Wildman–Crippen MR) is 110 cm³/mol. The normalized spacial score (nSPS) is 16.0. The lowest BCUT2D eigenvalue weighted by molar-refractivity contribution is 0.200. The van der Waals surface area contributed by atoms with Gasteiger partial charge in [-0.05, 0) is 50.2 Å². The molecule has 4 rings (SSSR count). The molecule has 0 aromatic carbocycles. The average Bonchev–Trinajstić information content (AvgIpc) is 2.75. The highest BCUT2D eigenvalue weighted by Crippen LogP contribution is 2.32. The lowest BCUT2D eigenvalue weighted by Crippen LogP contribution is -2.33. The summed E-state index contributed by atoms with van der Waals surface area (Å²) < 4.78 is 24.7. The Bertz CT molecular complexity index is 1070. The second-order valence-corrected chi connectivity index (χ2v) is 9.31. The lowest BCUT2D eigenvalue weighted by atomic mass is 9.93. The summed E-state index contributed by atoms with van der Waals surface area (Å²) in [6, 6.07) is 9.63. The Morgan fingerprint density at radius 1 is 1.03 bits per heavy atom. The second-order valence-electron chi connectivity index (χ2n) is 7.33. The van der Waals surface area contributed by atoms with E-state index >= 15 is 0 Å². The minimum absolute atomic E-state index is 0.0816. The van der Waals surface area contributed by atoms with Gasteiger partial charge in [0.2, 0.25) is 0 Å². The second kappa shape index (κ2) is 8.34. The van der Waals surface area contributed by atoms with E-state index in [9.17, 15) is 8.42 Å². The molecule has 1 aliphatic heterocycles. The molecule has 0 unspecified atom stereocenters. The van der Waals surface area contributed by atoms with E-state index in [1.54, 1.807) is 18.6 Å². The van der Waals surface area contributed by atoms with E-state index in [2.05, 4.69) is 24.8 Å². The van der Waals surface area contributed by atoms with Crippen molar-refractivity contribution < 1.29 is 8.42 Å². The molecule has 1 aliphatic rings. The Morgan fingerprint density at radius 2 is 1.86 bits per heavy atom. The van der Waals surface area contributed by atoms with Crippen molar-refractivity contribution in [3.05, 3.63) is 66.5 Å². The summed E-state index contributed by atoms with van der Waals surface area (Å²) in [6.07, 6.45) is 9.54. The average molecular weight is 410 g/mol. The van der Waals surface area contributed by atoms with Gasteiger partial charge >= 0.3 is 0 Å². The van der Waals surface area contributed by atoms with E-state index in [1.807, 2.05) is 30.3 Å². The molecule has 0 atom stereocenters. The summed E-state index contributed by atoms with van der Waals surface area (Å²) in [6.45, 7) is 2.55. The number of likely N-dealkylation sites (tertiary alicyclic amines) is 1. The smallest absolute Gasteiger partial charge is 0.178 e. The quantitative estimate of drug-likeness (QED) is 0.640. The first kappa shape index (κ1) is 19.6. The number of piperidine rings is 1. The maximum absolute atomic E-state index is 12.3. The maximum atomic E-state index is 12.3. The Kier molecular flexibility index (Phi) is 5.64. The first-order valence-electron chi connectivity index (χ1n) is 9.60. The van der Waals surface area contributed by atoms with Crippen LogP contribution in [0, 0.1) is 0 Å². The maximum Gasteiger partial charge on any atom is 0.178 e. The van der Waals surface area contributed by atoms with Crippen LogP contribution in [0.25, 0.3) is 11.4 Å². The van der Waals surface area contributed by atoms with Crippen molar-refractivity contribution in [2.24, 2.45) is 0 Å². The van der Waals surface area contributed by atoms with E-state index < -0.39 is 9.84 Å². The summed E-state index contributed by atoms with van der Waals surface area (Å²) in [7, 11) is -3.41. The van der Waals surface area contributed by atoms with Gasteiger partial charge in [-0.1, -0.05) is 6.07 Å². The highest BCUT2D eigenvalue weighted by Gasteiger charge is 2.28. The standard InChI is InChI=1S/C21H23N5O2S/c1-29(27,28)19-14-24-21(17-5-4-9-22-13-17)25-20(19)16-7-11-26(12-8-16)15-18-6-2-3-10-23-18/h2-6,9-10,13-14,16H,7-8,11-12,15H2,1H3. The van der Waals surface area contributed by atoms with Crippen LogP contribution in [-0.4, -0.2) is 52.6 Å². The third-order valence-corrected chi connectivity index (χ3v) is 6.30. The van der Waals surface area contributed by atoms with Crippen LogP contribution in [0.5, 0.6) is 0 Å². The molecule has 3 aromatic rings. The van der Waals surface area contributed by atoms with Gasteiger partial charge in [-0.15, -0.1) is 0 Å². The Morgan fingerprint density at radius 3 is 2.52 bits per heavy atom. The highest BCUT2D eigenvalue weighted by molar-refractivity contribution is 7.90. The predicted octanol–water partition coefficient (Wildman–Crippen LogP) is 2.72. The first-order chi connectivity index (χ1) is 14.0. The molecule has 29 heavy (non-hydrogen) atoms. The van der Waals surface area contributed by atoms with Crippen LogP contribution >= 0.6 is 0 Å². The van der Waals surface area contributed by atoms with Crippen LogP contribution in [0.2, 0.25) is 0 Å². The molecule has 8 heteroatoms. The summed E-state index contributed by atoms with van der Waals surface area (Å²) in [5.74, 6) is 0.592. The highest BCUT2D eigenvalue weighted by atomic mass is 32.2. The molecule has 0 saturated carbocycles. The molecule has 1 saturated heterocycles. The molecule has 1 fully saturated rings. The molecule has 7 nitrogen and oxygen atoms in total. The van der Waals surface area contributed by atoms with E-state index in [1.165, 1.54) is 12.5 Å². The Balaban J connectivity index is 1.57. The van der Waals surface area contributed by atoms with Crippen LogP contribution in [0.4, 0.5) is 0 Å². The molecule has 0 radical (unpaired) electrons. The van der Waals surface area contributed by atoms with Crippen molar-refractivity contribution in [1.29, 1.82) is 0 Å². The molecule has 0 aliphatic carbocycles. The zero-order valence-corrected chi connectivity index (χ0v) is 17.1. The van der Waals surface area contributed by atoms with E-state index in [4.69, 9.17) is 0 Å². The summed E-state index contributed by atoms with van der Waals surface area (Å²) in [5.41, 5.74) is 2.45. The largest absolute Gasteiger partial charge is 0.297 e. The summed E-state index contributed by atoms with van der Waals surface area (Å²) in [4.78, 5) is 20.1. The minimum atomic E-state index is -3.41. The topological polar surface area (TPSA) is 88.9 Å². The number of hydrogen-bond donors (Lipinski definition) is 0. The van der Waals surface area contributed by atoms with E-state index in [0.29, 0.717) is 11.5 Å². The van der Waals surface area contributed by atoms with Crippen LogP contribution < -0.4 is 0 Å². The Hall–Kier alpha value is -2.71. The van der Waals surface area contributed by atoms with Gasteiger partial charge in [-0.3, -0.25) is 14.9 Å². The number of hydrogen-bond acceptors (Lipinski definition) is 7. The summed E-state index contributed by atoms with van der Waals surface area (Å²) in [5, 5.41) is 0. The molecule has 4 heterocycles. The monoisotopic (exact) mass is 409 g/mol. The zero-order chi connectivity index (χ0) is 20.3. The van der Waals surface area contributed by atoms with Crippen LogP contribution in [-0.2, 0) is 16.4 Å². The van der Waals surface area contributed by atoms with Gasteiger partial charge < -0.3 is 0 Å². The van der Waals surface area contributed by atoms with Gasteiger partial charge in [-0.25, -0.2) is 18.4 Å². The van der Waals surface area contributed by atoms with E-state index in [-0.39, 0.29) is 10.8 Å². The van der Waals surface area contributed by atoms with Crippen molar-refractivity contribution in [2.75, 3.05) is 19.3 Å². The summed E-state index contributed by atoms with van der Waals surface area (Å²) >= 11 is 0. The lowest BCUT2D eigenvalue weighted by Gasteiger charge is -2.32. The number of sulfone groups is 1. The molecular weight excluding hydrogens is 386 g/mol. The number of aromatic nitrogens is 4. The zero-order valence-electron chi connectivity index (χ0n) is 16.3. The van der Waals surface area contributed by atoms with Crippen molar-refractivity contribution in [2.45, 2.75) is 30.2 Å². The molecule has 0 bridgehead atoms. The molecule has 0 amide bonds. The van der Waals surface area contributed by atoms with Crippen LogP contribution in [0.15, 0.2) is 60.0 Å².